The third-order valence-corrected chi connectivity index (χ3v) is 3.39. The van der Waals surface area contributed by atoms with Gasteiger partial charge in [-0.25, -0.2) is 0 Å². The van der Waals surface area contributed by atoms with Gasteiger partial charge in [-0.15, -0.1) is 0 Å². The van der Waals surface area contributed by atoms with Crippen molar-refractivity contribution < 1.29 is 19.8 Å². The van der Waals surface area contributed by atoms with Crippen LogP contribution in [0.15, 0.2) is 18.2 Å². The summed E-state index contributed by atoms with van der Waals surface area (Å²) in [6.07, 6.45) is 2.00. The van der Waals surface area contributed by atoms with Crippen molar-refractivity contribution in [2.75, 3.05) is 26.7 Å². The van der Waals surface area contributed by atoms with Crippen LogP contribution in [-0.4, -0.2) is 58.5 Å². The van der Waals surface area contributed by atoms with Crippen LogP contribution in [0, 0.1) is 0 Å². The molecule has 0 spiro atoms. The normalized spacial score (nSPS) is 14.3. The van der Waals surface area contributed by atoms with Gasteiger partial charge < -0.3 is 20.0 Å². The first-order valence-corrected chi connectivity index (χ1v) is 6.54. The smallest absolute Gasteiger partial charge is 0.257 e. The number of likely N-dealkylation sites (N-methyl/N-ethyl adjacent to an activating group) is 1. The van der Waals surface area contributed by atoms with E-state index in [1.165, 1.54) is 24.1 Å². The number of phenolic OH excluding ortho intramolecular Hbond substituents is 2. The van der Waals surface area contributed by atoms with Gasteiger partial charge in [0.05, 0.1) is 12.1 Å². The summed E-state index contributed by atoms with van der Waals surface area (Å²) in [4.78, 5) is 27.1. The zero-order valence-electron chi connectivity index (χ0n) is 11.4. The van der Waals surface area contributed by atoms with Gasteiger partial charge in [0.25, 0.3) is 5.91 Å². The van der Waals surface area contributed by atoms with Crippen LogP contribution in [0.5, 0.6) is 11.5 Å². The highest BCUT2D eigenvalue weighted by molar-refractivity contribution is 5.98. The molecule has 20 heavy (non-hydrogen) atoms. The number of carbonyl (C=O) groups excluding carboxylic acids is 2. The first-order valence-electron chi connectivity index (χ1n) is 6.54. The van der Waals surface area contributed by atoms with Gasteiger partial charge in [-0.2, -0.15) is 0 Å². The predicted octanol–water partition coefficient (Wildman–Crippen LogP) is 0.792. The van der Waals surface area contributed by atoms with Gasteiger partial charge in [-0.1, -0.05) is 0 Å². The summed E-state index contributed by atoms with van der Waals surface area (Å²) in [5, 5.41) is 18.9. The Kier molecular flexibility index (Phi) is 4.12. The topological polar surface area (TPSA) is 81.1 Å². The fourth-order valence-corrected chi connectivity index (χ4v) is 2.25. The summed E-state index contributed by atoms with van der Waals surface area (Å²) in [6, 6.07) is 3.76. The maximum absolute atomic E-state index is 12.1. The molecule has 1 fully saturated rings. The lowest BCUT2D eigenvalue weighted by Gasteiger charge is -2.21. The Morgan fingerprint density at radius 3 is 2.50 bits per heavy atom. The summed E-state index contributed by atoms with van der Waals surface area (Å²) in [5.41, 5.74) is 0.0690. The number of carbonyl (C=O) groups is 2. The number of amides is 2. The number of hydrogen-bond acceptors (Lipinski definition) is 4. The highest BCUT2D eigenvalue weighted by atomic mass is 16.3. The molecule has 1 aliphatic heterocycles. The first kappa shape index (κ1) is 14.2. The van der Waals surface area contributed by atoms with Crippen LogP contribution in [0.25, 0.3) is 0 Å². The van der Waals surface area contributed by atoms with E-state index in [-0.39, 0.29) is 29.5 Å². The van der Waals surface area contributed by atoms with Crippen LogP contribution in [0.1, 0.15) is 23.2 Å². The summed E-state index contributed by atoms with van der Waals surface area (Å²) in [5.74, 6) is -0.947. The number of hydrogen-bond donors (Lipinski definition) is 2. The molecule has 2 amide bonds. The van der Waals surface area contributed by atoms with Crippen LogP contribution in [0.2, 0.25) is 0 Å². The van der Waals surface area contributed by atoms with Crippen molar-refractivity contribution in [3.63, 3.8) is 0 Å². The lowest BCUT2D eigenvalue weighted by atomic mass is 10.1. The van der Waals surface area contributed by atoms with Crippen LogP contribution >= 0.6 is 0 Å². The Morgan fingerprint density at radius 2 is 1.90 bits per heavy atom. The molecular weight excluding hydrogens is 260 g/mol. The molecule has 0 aromatic heterocycles. The lowest BCUT2D eigenvalue weighted by molar-refractivity contribution is -0.130. The van der Waals surface area contributed by atoms with E-state index in [0.717, 1.165) is 32.0 Å². The van der Waals surface area contributed by atoms with Crippen molar-refractivity contribution in [3.8, 4) is 11.5 Å². The average Bonchev–Trinajstić information content (AvgIpc) is 2.91. The second kappa shape index (κ2) is 5.81. The molecular formula is C14H18N2O4. The monoisotopic (exact) mass is 278 g/mol. The molecule has 0 unspecified atom stereocenters. The summed E-state index contributed by atoms with van der Waals surface area (Å²) in [6.45, 7) is 1.47. The molecule has 0 aliphatic carbocycles. The van der Waals surface area contributed by atoms with Gasteiger partial charge in [-0.3, -0.25) is 9.59 Å². The van der Waals surface area contributed by atoms with E-state index in [2.05, 4.69) is 0 Å². The standard InChI is InChI=1S/C14H18N2O4/c1-15(9-13(19)16-6-2-3-7-16)14(20)11-5-4-10(17)8-12(11)18/h4-5,8,17-18H,2-3,6-7,9H2,1H3. The van der Waals surface area contributed by atoms with Gasteiger partial charge in [0.15, 0.2) is 0 Å². The lowest BCUT2D eigenvalue weighted by Crippen LogP contribution is -2.39. The van der Waals surface area contributed by atoms with Crippen molar-refractivity contribution in [3.05, 3.63) is 23.8 Å². The molecule has 0 bridgehead atoms. The van der Waals surface area contributed by atoms with Crippen LogP contribution in [0.3, 0.4) is 0 Å². The largest absolute Gasteiger partial charge is 0.508 e. The number of nitrogens with zero attached hydrogens (tertiary/aromatic N) is 2. The maximum Gasteiger partial charge on any atom is 0.257 e. The number of benzene rings is 1. The molecule has 0 atom stereocenters. The number of rotatable bonds is 3. The SMILES string of the molecule is CN(CC(=O)N1CCCC1)C(=O)c1ccc(O)cc1O. The summed E-state index contributed by atoms with van der Waals surface area (Å²) >= 11 is 0. The van der Waals surface area contributed by atoms with E-state index < -0.39 is 5.91 Å². The number of likely N-dealkylation sites (tertiary alicyclic amines) is 1. The van der Waals surface area contributed by atoms with Gasteiger partial charge in [-0.05, 0) is 25.0 Å². The highest BCUT2D eigenvalue weighted by Crippen LogP contribution is 2.23. The molecule has 6 nitrogen and oxygen atoms in total. The second-order valence-corrected chi connectivity index (χ2v) is 4.95. The van der Waals surface area contributed by atoms with E-state index in [1.807, 2.05) is 0 Å². The highest BCUT2D eigenvalue weighted by Gasteiger charge is 2.23. The predicted molar refractivity (Wildman–Crippen MR) is 72.5 cm³/mol. The Hall–Kier alpha value is -2.24. The average molecular weight is 278 g/mol. The quantitative estimate of drug-likeness (QED) is 0.856. The molecule has 1 aromatic rings. The van der Waals surface area contributed by atoms with Crippen molar-refractivity contribution in [2.24, 2.45) is 0 Å². The maximum atomic E-state index is 12.1. The van der Waals surface area contributed by atoms with E-state index >= 15 is 0 Å². The Morgan fingerprint density at radius 1 is 1.25 bits per heavy atom. The zero-order chi connectivity index (χ0) is 14.7. The zero-order valence-corrected chi connectivity index (χ0v) is 11.4. The minimum Gasteiger partial charge on any atom is -0.508 e. The molecule has 0 saturated carbocycles. The number of aromatic hydroxyl groups is 2. The Bertz CT molecular complexity index is 524. The second-order valence-electron chi connectivity index (χ2n) is 4.95. The Labute approximate surface area is 117 Å². The van der Waals surface area contributed by atoms with Crippen LogP contribution < -0.4 is 0 Å². The molecule has 2 N–H and O–H groups in total. The van der Waals surface area contributed by atoms with Gasteiger partial charge in [0.2, 0.25) is 5.91 Å². The third kappa shape index (κ3) is 3.01. The van der Waals surface area contributed by atoms with E-state index in [9.17, 15) is 19.8 Å². The molecule has 2 rings (SSSR count). The van der Waals surface area contributed by atoms with Crippen LogP contribution in [-0.2, 0) is 4.79 Å². The van der Waals surface area contributed by atoms with Crippen molar-refractivity contribution in [1.82, 2.24) is 9.80 Å². The number of phenols is 2. The Balaban J connectivity index is 2.02. The van der Waals surface area contributed by atoms with Crippen molar-refractivity contribution in [2.45, 2.75) is 12.8 Å². The molecule has 1 saturated heterocycles. The molecule has 108 valence electrons. The van der Waals surface area contributed by atoms with Crippen molar-refractivity contribution >= 4 is 11.8 Å². The van der Waals surface area contributed by atoms with Gasteiger partial charge in [0.1, 0.15) is 11.5 Å². The van der Waals surface area contributed by atoms with E-state index in [4.69, 9.17) is 0 Å². The van der Waals surface area contributed by atoms with Gasteiger partial charge >= 0.3 is 0 Å². The molecule has 1 heterocycles. The molecule has 6 heteroatoms. The fraction of sp³-hybridized carbons (Fsp3) is 0.429. The molecule has 0 radical (unpaired) electrons. The molecule has 1 aliphatic rings. The third-order valence-electron chi connectivity index (χ3n) is 3.39. The molecule has 1 aromatic carbocycles. The fourth-order valence-electron chi connectivity index (χ4n) is 2.25. The minimum absolute atomic E-state index is 0.0147. The van der Waals surface area contributed by atoms with E-state index in [1.54, 1.807) is 4.90 Å². The van der Waals surface area contributed by atoms with Crippen molar-refractivity contribution in [1.29, 1.82) is 0 Å². The first-order chi connectivity index (χ1) is 9.49. The summed E-state index contributed by atoms with van der Waals surface area (Å²) < 4.78 is 0. The van der Waals surface area contributed by atoms with Gasteiger partial charge in [0, 0.05) is 26.2 Å². The minimum atomic E-state index is -0.449. The van der Waals surface area contributed by atoms with E-state index in [0.29, 0.717) is 0 Å². The summed E-state index contributed by atoms with van der Waals surface area (Å²) in [7, 11) is 1.52. The van der Waals surface area contributed by atoms with Crippen LogP contribution in [0.4, 0.5) is 0 Å².